The van der Waals surface area contributed by atoms with Gasteiger partial charge in [-0.15, -0.1) is 0 Å². The molecule has 0 saturated heterocycles. The van der Waals surface area contributed by atoms with Crippen molar-refractivity contribution in [2.75, 3.05) is 6.61 Å². The standard InChI is InChI=1S/C26H25NO7/c1-2-3-4-5-18-32-22-12-8-20(9-13-22)26(29)34-24-16-14-23(15-17-24)33-25(28)19-6-10-21(11-7-19)27(30)31/h6-17H,2-5,18H2,1H3. The second-order valence-corrected chi connectivity index (χ2v) is 7.49. The smallest absolute Gasteiger partial charge is 0.343 e. The maximum Gasteiger partial charge on any atom is 0.343 e. The molecule has 0 amide bonds. The topological polar surface area (TPSA) is 105 Å². The van der Waals surface area contributed by atoms with Crippen molar-refractivity contribution < 1.29 is 28.7 Å². The first-order chi connectivity index (χ1) is 16.5. The molecule has 3 rings (SSSR count). The van der Waals surface area contributed by atoms with Crippen molar-refractivity contribution in [3.8, 4) is 17.2 Å². The van der Waals surface area contributed by atoms with Gasteiger partial charge in [0.25, 0.3) is 5.69 Å². The van der Waals surface area contributed by atoms with Crippen molar-refractivity contribution in [2.24, 2.45) is 0 Å². The Morgan fingerprint density at radius 3 is 1.65 bits per heavy atom. The predicted molar refractivity (Wildman–Crippen MR) is 126 cm³/mol. The summed E-state index contributed by atoms with van der Waals surface area (Å²) >= 11 is 0. The van der Waals surface area contributed by atoms with E-state index < -0.39 is 16.9 Å². The van der Waals surface area contributed by atoms with Crippen LogP contribution >= 0.6 is 0 Å². The fourth-order valence-electron chi connectivity index (χ4n) is 3.03. The van der Waals surface area contributed by atoms with Crippen LogP contribution in [0.2, 0.25) is 0 Å². The fraction of sp³-hybridized carbons (Fsp3) is 0.231. The molecule has 8 heteroatoms. The number of hydrogen-bond donors (Lipinski definition) is 0. The van der Waals surface area contributed by atoms with E-state index in [1.807, 2.05) is 0 Å². The van der Waals surface area contributed by atoms with Crippen LogP contribution in [0.3, 0.4) is 0 Å². The fourth-order valence-corrected chi connectivity index (χ4v) is 3.03. The molecule has 34 heavy (non-hydrogen) atoms. The van der Waals surface area contributed by atoms with E-state index in [4.69, 9.17) is 14.2 Å². The summed E-state index contributed by atoms with van der Waals surface area (Å²) in [6.07, 6.45) is 4.50. The van der Waals surface area contributed by atoms with Crippen molar-refractivity contribution in [3.63, 3.8) is 0 Å². The van der Waals surface area contributed by atoms with Crippen LogP contribution in [-0.4, -0.2) is 23.5 Å². The Bertz CT molecular complexity index is 1110. The highest BCUT2D eigenvalue weighted by molar-refractivity contribution is 5.92. The van der Waals surface area contributed by atoms with Crippen LogP contribution in [0.1, 0.15) is 53.3 Å². The van der Waals surface area contributed by atoms with Crippen molar-refractivity contribution in [3.05, 3.63) is 94.0 Å². The second kappa shape index (κ2) is 12.2. The van der Waals surface area contributed by atoms with Gasteiger partial charge in [-0.1, -0.05) is 26.2 Å². The lowest BCUT2D eigenvalue weighted by Crippen LogP contribution is -2.09. The minimum atomic E-state index is -0.660. The van der Waals surface area contributed by atoms with Crippen molar-refractivity contribution in [1.29, 1.82) is 0 Å². The number of carbonyl (C=O) groups excluding carboxylic acids is 2. The van der Waals surface area contributed by atoms with Crippen LogP contribution in [0.5, 0.6) is 17.2 Å². The normalized spacial score (nSPS) is 10.4. The Morgan fingerprint density at radius 1 is 0.706 bits per heavy atom. The lowest BCUT2D eigenvalue weighted by molar-refractivity contribution is -0.384. The molecule has 0 aliphatic carbocycles. The molecule has 0 fully saturated rings. The van der Waals surface area contributed by atoms with Gasteiger partial charge in [-0.3, -0.25) is 10.1 Å². The number of esters is 2. The van der Waals surface area contributed by atoms with E-state index in [1.54, 1.807) is 24.3 Å². The largest absolute Gasteiger partial charge is 0.494 e. The maximum atomic E-state index is 12.4. The molecule has 0 N–H and O–H groups in total. The maximum absolute atomic E-state index is 12.4. The third-order valence-electron chi connectivity index (χ3n) is 4.92. The van der Waals surface area contributed by atoms with Gasteiger partial charge in [-0.2, -0.15) is 0 Å². The number of nitro benzene ring substituents is 1. The van der Waals surface area contributed by atoms with Gasteiger partial charge in [0.1, 0.15) is 17.2 Å². The third-order valence-corrected chi connectivity index (χ3v) is 4.92. The third kappa shape index (κ3) is 7.16. The highest BCUT2D eigenvalue weighted by Crippen LogP contribution is 2.21. The molecule has 176 valence electrons. The van der Waals surface area contributed by atoms with Crippen LogP contribution in [0.15, 0.2) is 72.8 Å². The summed E-state index contributed by atoms with van der Waals surface area (Å²) in [4.78, 5) is 34.7. The van der Waals surface area contributed by atoms with E-state index in [2.05, 4.69) is 6.92 Å². The average Bonchev–Trinajstić information content (AvgIpc) is 2.85. The van der Waals surface area contributed by atoms with E-state index >= 15 is 0 Å². The Hall–Kier alpha value is -4.20. The van der Waals surface area contributed by atoms with E-state index in [-0.39, 0.29) is 22.7 Å². The Balaban J connectivity index is 1.50. The molecule has 0 aliphatic heterocycles. The van der Waals surface area contributed by atoms with Crippen LogP contribution in [0.25, 0.3) is 0 Å². The zero-order valence-corrected chi connectivity index (χ0v) is 18.8. The molecule has 0 saturated carbocycles. The van der Waals surface area contributed by atoms with Crippen LogP contribution in [-0.2, 0) is 0 Å². The van der Waals surface area contributed by atoms with Gasteiger partial charge in [0.15, 0.2) is 0 Å². The van der Waals surface area contributed by atoms with Crippen LogP contribution < -0.4 is 14.2 Å². The molecule has 0 spiro atoms. The van der Waals surface area contributed by atoms with Crippen molar-refractivity contribution >= 4 is 17.6 Å². The van der Waals surface area contributed by atoms with Gasteiger partial charge in [0, 0.05) is 12.1 Å². The van der Waals surface area contributed by atoms with Crippen molar-refractivity contribution in [1.82, 2.24) is 0 Å². The van der Waals surface area contributed by atoms with Crippen LogP contribution in [0.4, 0.5) is 5.69 Å². The summed E-state index contributed by atoms with van der Waals surface area (Å²) in [5.41, 5.74) is 0.439. The van der Waals surface area contributed by atoms with Crippen molar-refractivity contribution in [2.45, 2.75) is 32.6 Å². The number of rotatable bonds is 11. The number of benzene rings is 3. The Morgan fingerprint density at radius 2 is 1.18 bits per heavy atom. The molecular formula is C26H25NO7. The second-order valence-electron chi connectivity index (χ2n) is 7.49. The quantitative estimate of drug-likeness (QED) is 0.113. The Labute approximate surface area is 197 Å². The summed E-state index contributed by atoms with van der Waals surface area (Å²) in [7, 11) is 0. The Kier molecular flexibility index (Phi) is 8.73. The zero-order chi connectivity index (χ0) is 24.3. The zero-order valence-electron chi connectivity index (χ0n) is 18.8. The first kappa shape index (κ1) is 24.4. The number of nitro groups is 1. The number of nitrogens with zero attached hydrogens (tertiary/aromatic N) is 1. The summed E-state index contributed by atoms with van der Waals surface area (Å²) in [5.74, 6) is 0.0460. The number of unbranched alkanes of at least 4 members (excludes halogenated alkanes) is 3. The number of hydrogen-bond acceptors (Lipinski definition) is 7. The lowest BCUT2D eigenvalue weighted by Gasteiger charge is -2.08. The molecule has 0 aromatic heterocycles. The molecule has 0 aliphatic rings. The minimum Gasteiger partial charge on any atom is -0.494 e. The van der Waals surface area contributed by atoms with E-state index in [9.17, 15) is 19.7 Å². The number of carbonyl (C=O) groups is 2. The molecule has 3 aromatic rings. The number of ether oxygens (including phenoxy) is 3. The summed E-state index contributed by atoms with van der Waals surface area (Å²) in [6.45, 7) is 2.80. The van der Waals surface area contributed by atoms with E-state index in [0.717, 1.165) is 12.8 Å². The predicted octanol–water partition coefficient (Wildman–Crippen LogP) is 5.99. The minimum absolute atomic E-state index is 0.118. The number of non-ortho nitro benzene ring substituents is 1. The first-order valence-electron chi connectivity index (χ1n) is 11.0. The lowest BCUT2D eigenvalue weighted by atomic mass is 10.2. The molecule has 0 heterocycles. The molecule has 8 nitrogen and oxygen atoms in total. The van der Waals surface area contributed by atoms with Gasteiger partial charge in [0.2, 0.25) is 0 Å². The summed E-state index contributed by atoms with van der Waals surface area (Å²) in [5, 5.41) is 10.7. The first-order valence-corrected chi connectivity index (χ1v) is 11.0. The highest BCUT2D eigenvalue weighted by Gasteiger charge is 2.13. The molecule has 0 atom stereocenters. The van der Waals surface area contributed by atoms with Gasteiger partial charge in [0.05, 0.1) is 22.7 Å². The molecule has 0 radical (unpaired) electrons. The van der Waals surface area contributed by atoms with E-state index in [0.29, 0.717) is 17.9 Å². The summed E-state index contributed by atoms with van der Waals surface area (Å²) in [6, 6.07) is 17.8. The highest BCUT2D eigenvalue weighted by atomic mass is 16.6. The van der Waals surface area contributed by atoms with Gasteiger partial charge in [-0.05, 0) is 67.1 Å². The monoisotopic (exact) mass is 463 g/mol. The molecule has 0 unspecified atom stereocenters. The average molecular weight is 463 g/mol. The van der Waals surface area contributed by atoms with Crippen LogP contribution in [0, 0.1) is 10.1 Å². The van der Waals surface area contributed by atoms with Gasteiger partial charge in [-0.25, -0.2) is 9.59 Å². The molecule has 3 aromatic carbocycles. The van der Waals surface area contributed by atoms with Gasteiger partial charge >= 0.3 is 11.9 Å². The molecular weight excluding hydrogens is 438 g/mol. The van der Waals surface area contributed by atoms with Gasteiger partial charge < -0.3 is 14.2 Å². The SMILES string of the molecule is CCCCCCOc1ccc(C(=O)Oc2ccc(OC(=O)c3ccc([N+](=O)[O-])cc3)cc2)cc1. The van der Waals surface area contributed by atoms with E-state index in [1.165, 1.54) is 61.4 Å². The molecule has 0 bridgehead atoms. The summed E-state index contributed by atoms with van der Waals surface area (Å²) < 4.78 is 16.3.